The molecule has 0 unspecified atom stereocenters. The predicted octanol–water partition coefficient (Wildman–Crippen LogP) is 4.97. The molecule has 0 saturated heterocycles. The van der Waals surface area contributed by atoms with Gasteiger partial charge in [-0.05, 0) is 53.8 Å². The van der Waals surface area contributed by atoms with Crippen molar-refractivity contribution >= 4 is 41.1 Å². The van der Waals surface area contributed by atoms with Crippen molar-refractivity contribution in [2.24, 2.45) is 5.92 Å². The maximum absolute atomic E-state index is 12.4. The average Bonchev–Trinajstić information content (AvgIpc) is 3.41. The number of amides is 1. The van der Waals surface area contributed by atoms with Crippen molar-refractivity contribution in [1.82, 2.24) is 0 Å². The van der Waals surface area contributed by atoms with Gasteiger partial charge in [-0.2, -0.15) is 0 Å². The molecule has 2 aliphatic rings. The lowest BCUT2D eigenvalue weighted by Crippen LogP contribution is -2.29. The Hall–Kier alpha value is -2.39. The van der Waals surface area contributed by atoms with Crippen LogP contribution in [0.3, 0.4) is 0 Å². The normalized spacial score (nSPS) is 17.1. The number of fused-ring (bicyclic) bond motifs is 2. The molecule has 0 spiro atoms. The molecular formula is C21H18ClNO2. The summed E-state index contributed by atoms with van der Waals surface area (Å²) in [5, 5.41) is 0.630. The van der Waals surface area contributed by atoms with Crippen LogP contribution in [0.1, 0.15) is 46.8 Å². The predicted molar refractivity (Wildman–Crippen MR) is 101 cm³/mol. The van der Waals surface area contributed by atoms with E-state index in [0.717, 1.165) is 40.8 Å². The van der Waals surface area contributed by atoms with Gasteiger partial charge in [-0.15, -0.1) is 0 Å². The summed E-state index contributed by atoms with van der Waals surface area (Å²) >= 11 is 6.12. The molecule has 1 aliphatic heterocycles. The highest BCUT2D eigenvalue weighted by Gasteiger charge is 2.30. The minimum Gasteiger partial charge on any atom is -0.308 e. The molecule has 1 amide bonds. The number of hydrogen-bond donors (Lipinski definition) is 0. The number of anilines is 1. The molecular weight excluding hydrogens is 334 g/mol. The molecule has 0 aromatic heterocycles. The molecule has 2 aromatic carbocycles. The van der Waals surface area contributed by atoms with Crippen molar-refractivity contribution < 1.29 is 9.59 Å². The Labute approximate surface area is 151 Å². The third kappa shape index (κ3) is 3.12. The summed E-state index contributed by atoms with van der Waals surface area (Å²) in [5.41, 5.74) is 4.50. The van der Waals surface area contributed by atoms with Crippen LogP contribution in [0.4, 0.5) is 5.69 Å². The van der Waals surface area contributed by atoms with Crippen LogP contribution in [0.15, 0.2) is 36.4 Å². The molecule has 1 heterocycles. The zero-order chi connectivity index (χ0) is 17.6. The lowest BCUT2D eigenvalue weighted by atomic mass is 9.96. The van der Waals surface area contributed by atoms with Crippen molar-refractivity contribution in [2.45, 2.75) is 26.3 Å². The van der Waals surface area contributed by atoms with Crippen molar-refractivity contribution in [3.8, 4) is 0 Å². The molecule has 126 valence electrons. The first-order valence-electron chi connectivity index (χ1n) is 8.46. The standard InChI is InChI=1S/C21H18ClNO2/c1-13(24)23-12-18-7-6-17(21(25)14-2-3-14)10-15(18)4-5-16-11-19(22)8-9-20(16)23/h4-11,14H,2-3,12H2,1H3/b5-4-. The van der Waals surface area contributed by atoms with Crippen LogP contribution in [-0.2, 0) is 11.3 Å². The molecule has 1 saturated carbocycles. The fourth-order valence-electron chi connectivity index (χ4n) is 3.25. The SMILES string of the molecule is CC(=O)N1Cc2ccc(C(=O)C3CC3)cc2/C=C\c2cc(Cl)ccc21. The number of carbonyl (C=O) groups is 2. The molecule has 0 atom stereocenters. The molecule has 1 fully saturated rings. The number of halogens is 1. The molecule has 4 heteroatoms. The van der Waals surface area contributed by atoms with Crippen molar-refractivity contribution in [3.63, 3.8) is 0 Å². The highest BCUT2D eigenvalue weighted by molar-refractivity contribution is 6.30. The molecule has 4 rings (SSSR count). The minimum absolute atomic E-state index is 0.0250. The zero-order valence-electron chi connectivity index (χ0n) is 14.0. The number of hydrogen-bond acceptors (Lipinski definition) is 2. The Morgan fingerprint density at radius 2 is 1.80 bits per heavy atom. The van der Waals surface area contributed by atoms with Gasteiger partial charge < -0.3 is 4.90 Å². The van der Waals surface area contributed by atoms with E-state index in [2.05, 4.69) is 0 Å². The zero-order valence-corrected chi connectivity index (χ0v) is 14.7. The Bertz CT molecular complexity index is 912. The number of benzene rings is 2. The molecule has 25 heavy (non-hydrogen) atoms. The van der Waals surface area contributed by atoms with Gasteiger partial charge in [0.1, 0.15) is 0 Å². The van der Waals surface area contributed by atoms with Gasteiger partial charge >= 0.3 is 0 Å². The number of rotatable bonds is 2. The first-order chi connectivity index (χ1) is 12.0. The number of nitrogens with zero attached hydrogens (tertiary/aromatic N) is 1. The van der Waals surface area contributed by atoms with Crippen molar-refractivity contribution in [1.29, 1.82) is 0 Å². The Kier molecular flexibility index (Phi) is 3.97. The Balaban J connectivity index is 1.81. The third-order valence-corrected chi connectivity index (χ3v) is 5.05. The van der Waals surface area contributed by atoms with Crippen LogP contribution in [0.25, 0.3) is 12.2 Å². The van der Waals surface area contributed by atoms with Crippen LogP contribution in [0.2, 0.25) is 5.02 Å². The lowest BCUT2D eigenvalue weighted by molar-refractivity contribution is -0.116. The Morgan fingerprint density at radius 1 is 1.04 bits per heavy atom. The van der Waals surface area contributed by atoms with Crippen LogP contribution in [0, 0.1) is 5.92 Å². The molecule has 0 bridgehead atoms. The molecule has 0 N–H and O–H groups in total. The van der Waals surface area contributed by atoms with Gasteiger partial charge in [0.2, 0.25) is 5.91 Å². The number of carbonyl (C=O) groups excluding carboxylic acids is 2. The highest BCUT2D eigenvalue weighted by Crippen LogP contribution is 2.35. The largest absolute Gasteiger partial charge is 0.308 e. The first-order valence-corrected chi connectivity index (χ1v) is 8.83. The maximum atomic E-state index is 12.4. The maximum Gasteiger partial charge on any atom is 0.224 e. The van der Waals surface area contributed by atoms with Crippen molar-refractivity contribution in [2.75, 3.05) is 4.90 Å². The number of Topliss-reactive ketones (excluding diaryl/α,β-unsaturated/α-hetero) is 1. The van der Waals surface area contributed by atoms with E-state index in [9.17, 15) is 9.59 Å². The summed E-state index contributed by atoms with van der Waals surface area (Å²) in [5.74, 6) is 0.400. The van der Waals surface area contributed by atoms with Gasteiger partial charge in [-0.1, -0.05) is 35.9 Å². The van der Waals surface area contributed by atoms with Gasteiger partial charge in [-0.25, -0.2) is 0 Å². The summed E-state index contributed by atoms with van der Waals surface area (Å²) in [6.45, 7) is 2.04. The summed E-state index contributed by atoms with van der Waals surface area (Å²) in [4.78, 5) is 26.3. The van der Waals surface area contributed by atoms with E-state index < -0.39 is 0 Å². The second-order valence-electron chi connectivity index (χ2n) is 6.69. The fourth-order valence-corrected chi connectivity index (χ4v) is 3.43. The van der Waals surface area contributed by atoms with Crippen molar-refractivity contribution in [3.05, 3.63) is 63.7 Å². The van der Waals surface area contributed by atoms with Gasteiger partial charge in [0.25, 0.3) is 0 Å². The van der Waals surface area contributed by atoms with Gasteiger partial charge in [0.15, 0.2) is 5.78 Å². The first kappa shape index (κ1) is 16.1. The monoisotopic (exact) mass is 351 g/mol. The van der Waals surface area contributed by atoms with Crippen LogP contribution < -0.4 is 4.90 Å². The van der Waals surface area contributed by atoms with Crippen LogP contribution >= 0.6 is 11.6 Å². The molecule has 3 nitrogen and oxygen atoms in total. The summed E-state index contributed by atoms with van der Waals surface area (Å²) in [7, 11) is 0. The summed E-state index contributed by atoms with van der Waals surface area (Å²) < 4.78 is 0. The van der Waals surface area contributed by atoms with E-state index in [4.69, 9.17) is 11.6 Å². The van der Waals surface area contributed by atoms with E-state index in [0.29, 0.717) is 11.6 Å². The van der Waals surface area contributed by atoms with E-state index in [1.165, 1.54) is 0 Å². The summed E-state index contributed by atoms with van der Waals surface area (Å²) in [6, 6.07) is 11.3. The molecule has 2 aromatic rings. The number of ketones is 1. The summed E-state index contributed by atoms with van der Waals surface area (Å²) in [6.07, 6.45) is 5.96. The van der Waals surface area contributed by atoms with Gasteiger partial charge in [0, 0.05) is 23.4 Å². The van der Waals surface area contributed by atoms with Gasteiger partial charge in [-0.3, -0.25) is 9.59 Å². The third-order valence-electron chi connectivity index (χ3n) is 4.81. The quantitative estimate of drug-likeness (QED) is 0.716. The molecule has 0 radical (unpaired) electrons. The van der Waals surface area contributed by atoms with Gasteiger partial charge in [0.05, 0.1) is 12.2 Å². The minimum atomic E-state index is -0.0250. The second kappa shape index (κ2) is 6.16. The Morgan fingerprint density at radius 3 is 2.52 bits per heavy atom. The fraction of sp³-hybridized carbons (Fsp3) is 0.238. The van der Waals surface area contributed by atoms with E-state index in [1.807, 2.05) is 42.5 Å². The lowest BCUT2D eigenvalue weighted by Gasteiger charge is -2.26. The van der Waals surface area contributed by atoms with E-state index >= 15 is 0 Å². The molecule has 1 aliphatic carbocycles. The average molecular weight is 352 g/mol. The second-order valence-corrected chi connectivity index (χ2v) is 7.13. The van der Waals surface area contributed by atoms with Crippen LogP contribution in [-0.4, -0.2) is 11.7 Å². The highest BCUT2D eigenvalue weighted by atomic mass is 35.5. The van der Waals surface area contributed by atoms with E-state index in [1.54, 1.807) is 17.9 Å². The van der Waals surface area contributed by atoms with Crippen LogP contribution in [0.5, 0.6) is 0 Å². The smallest absolute Gasteiger partial charge is 0.224 e. The van der Waals surface area contributed by atoms with E-state index in [-0.39, 0.29) is 17.6 Å². The topological polar surface area (TPSA) is 37.4 Å².